The largest absolute Gasteiger partial charge is 0.339 e. The molecule has 0 unspecified atom stereocenters. The molecule has 8 heteroatoms. The van der Waals surface area contributed by atoms with Crippen molar-refractivity contribution in [3.05, 3.63) is 59.7 Å². The Kier molecular flexibility index (Phi) is 8.65. The normalized spacial score (nSPS) is 10.8. The van der Waals surface area contributed by atoms with Crippen molar-refractivity contribution in [1.82, 2.24) is 19.7 Å². The van der Waals surface area contributed by atoms with Crippen molar-refractivity contribution in [2.24, 2.45) is 0 Å². The Labute approximate surface area is 199 Å². The maximum Gasteiger partial charge on any atom is 0.253 e. The fourth-order valence-corrected chi connectivity index (χ4v) is 4.30. The first-order chi connectivity index (χ1) is 16.0. The fraction of sp³-hybridized carbons (Fsp3) is 0.360. The summed E-state index contributed by atoms with van der Waals surface area (Å²) in [4.78, 5) is 26.7. The third kappa shape index (κ3) is 6.22. The molecule has 0 aliphatic heterocycles. The molecule has 0 spiro atoms. The van der Waals surface area contributed by atoms with Gasteiger partial charge in [0.15, 0.2) is 11.0 Å². The van der Waals surface area contributed by atoms with Crippen molar-refractivity contribution in [2.75, 3.05) is 24.2 Å². The van der Waals surface area contributed by atoms with Crippen molar-refractivity contribution < 1.29 is 9.59 Å². The van der Waals surface area contributed by atoms with Crippen LogP contribution in [-0.2, 0) is 11.3 Å². The number of thioether (sulfide) groups is 1. The summed E-state index contributed by atoms with van der Waals surface area (Å²) >= 11 is 1.37. The second-order valence-electron chi connectivity index (χ2n) is 7.72. The molecular weight excluding hydrogens is 434 g/mol. The first-order valence-electron chi connectivity index (χ1n) is 11.3. The molecule has 2 aromatic carbocycles. The van der Waals surface area contributed by atoms with Crippen LogP contribution in [0, 0.1) is 6.92 Å². The van der Waals surface area contributed by atoms with E-state index in [0.717, 1.165) is 35.1 Å². The van der Waals surface area contributed by atoms with E-state index < -0.39 is 0 Å². The summed E-state index contributed by atoms with van der Waals surface area (Å²) in [5.41, 5.74) is 3.46. The molecule has 1 N–H and O–H groups in total. The maximum atomic E-state index is 12.5. The average Bonchev–Trinajstić information content (AvgIpc) is 3.22. The lowest BCUT2D eigenvalue weighted by Gasteiger charge is -2.18. The molecule has 7 nitrogen and oxygen atoms in total. The number of carbonyl (C=O) groups is 2. The molecule has 2 amide bonds. The molecule has 0 radical (unpaired) electrons. The van der Waals surface area contributed by atoms with Crippen LogP contribution in [0.1, 0.15) is 43.1 Å². The van der Waals surface area contributed by atoms with Crippen molar-refractivity contribution in [3.8, 4) is 11.4 Å². The van der Waals surface area contributed by atoms with E-state index in [-0.39, 0.29) is 17.6 Å². The van der Waals surface area contributed by atoms with Gasteiger partial charge in [0.25, 0.3) is 5.91 Å². The van der Waals surface area contributed by atoms with Crippen molar-refractivity contribution in [1.29, 1.82) is 0 Å². The van der Waals surface area contributed by atoms with Crippen LogP contribution >= 0.6 is 11.8 Å². The number of carbonyl (C=O) groups excluding carboxylic acids is 2. The van der Waals surface area contributed by atoms with E-state index in [2.05, 4.69) is 46.1 Å². The third-order valence-corrected chi connectivity index (χ3v) is 6.21. The number of rotatable bonds is 10. The number of nitrogens with zero attached hydrogens (tertiary/aromatic N) is 4. The molecule has 1 aromatic heterocycles. The molecule has 0 aliphatic carbocycles. The van der Waals surface area contributed by atoms with Crippen LogP contribution in [0.4, 0.5) is 5.69 Å². The van der Waals surface area contributed by atoms with Gasteiger partial charge in [0, 0.05) is 36.4 Å². The first-order valence-corrected chi connectivity index (χ1v) is 12.3. The lowest BCUT2D eigenvalue weighted by molar-refractivity contribution is -0.113. The quantitative estimate of drug-likeness (QED) is 0.432. The predicted molar refractivity (Wildman–Crippen MR) is 134 cm³/mol. The maximum absolute atomic E-state index is 12.5. The second kappa shape index (κ2) is 11.7. The molecular formula is C25H31N5O2S. The van der Waals surface area contributed by atoms with Gasteiger partial charge < -0.3 is 14.8 Å². The molecule has 3 aromatic rings. The zero-order valence-corrected chi connectivity index (χ0v) is 20.5. The summed E-state index contributed by atoms with van der Waals surface area (Å²) in [5.74, 6) is 0.895. The number of benzene rings is 2. The van der Waals surface area contributed by atoms with Crippen LogP contribution in [0.15, 0.2) is 53.7 Å². The van der Waals surface area contributed by atoms with Crippen LogP contribution in [0.2, 0.25) is 0 Å². The highest BCUT2D eigenvalue weighted by molar-refractivity contribution is 7.99. The number of aromatic nitrogens is 3. The van der Waals surface area contributed by atoms with E-state index in [0.29, 0.717) is 24.3 Å². The summed E-state index contributed by atoms with van der Waals surface area (Å²) in [7, 11) is 0. The summed E-state index contributed by atoms with van der Waals surface area (Å²) < 4.78 is 2.07. The van der Waals surface area contributed by atoms with Gasteiger partial charge in [-0.05, 0) is 57.5 Å². The molecule has 3 rings (SSSR count). The van der Waals surface area contributed by atoms with E-state index in [1.54, 1.807) is 29.2 Å². The van der Waals surface area contributed by atoms with Crippen LogP contribution in [0.3, 0.4) is 0 Å². The number of anilines is 1. The molecule has 0 atom stereocenters. The minimum absolute atomic E-state index is 0.00638. The summed E-state index contributed by atoms with van der Waals surface area (Å²) in [6.07, 6.45) is 0.940. The number of nitrogens with one attached hydrogen (secondary N) is 1. The Balaban J connectivity index is 1.63. The summed E-state index contributed by atoms with van der Waals surface area (Å²) in [6, 6.07) is 15.2. The van der Waals surface area contributed by atoms with Gasteiger partial charge in [0.1, 0.15) is 0 Å². The molecule has 1 heterocycles. The second-order valence-corrected chi connectivity index (χ2v) is 8.66. The van der Waals surface area contributed by atoms with Crippen LogP contribution in [0.5, 0.6) is 0 Å². The third-order valence-electron chi connectivity index (χ3n) is 5.24. The Hall–Kier alpha value is -3.13. The zero-order chi connectivity index (χ0) is 23.8. The Morgan fingerprint density at radius 2 is 1.76 bits per heavy atom. The van der Waals surface area contributed by atoms with Crippen molar-refractivity contribution >= 4 is 29.3 Å². The molecule has 0 bridgehead atoms. The monoisotopic (exact) mass is 465 g/mol. The van der Waals surface area contributed by atoms with Gasteiger partial charge in [-0.15, -0.1) is 10.2 Å². The molecule has 174 valence electrons. The SMILES string of the molecule is CCCn1c(SCC(=O)Nc2ccc(C(=O)N(CC)CC)cc2)nnc1-c1cccc(C)c1. The zero-order valence-electron chi connectivity index (χ0n) is 19.7. The highest BCUT2D eigenvalue weighted by atomic mass is 32.2. The van der Waals surface area contributed by atoms with E-state index in [1.165, 1.54) is 11.8 Å². The molecule has 0 saturated heterocycles. The fourth-order valence-electron chi connectivity index (χ4n) is 3.54. The van der Waals surface area contributed by atoms with Gasteiger partial charge in [-0.3, -0.25) is 9.59 Å². The number of hydrogen-bond acceptors (Lipinski definition) is 5. The number of hydrogen-bond donors (Lipinski definition) is 1. The Morgan fingerprint density at radius 3 is 2.39 bits per heavy atom. The summed E-state index contributed by atoms with van der Waals surface area (Å²) in [5, 5.41) is 12.3. The van der Waals surface area contributed by atoms with E-state index in [9.17, 15) is 9.59 Å². The lowest BCUT2D eigenvalue weighted by atomic mass is 10.1. The lowest BCUT2D eigenvalue weighted by Crippen LogP contribution is -2.30. The molecule has 33 heavy (non-hydrogen) atoms. The number of aryl methyl sites for hydroxylation is 1. The topological polar surface area (TPSA) is 80.1 Å². The minimum atomic E-state index is -0.133. The van der Waals surface area contributed by atoms with Gasteiger partial charge >= 0.3 is 0 Å². The Morgan fingerprint density at radius 1 is 1.03 bits per heavy atom. The van der Waals surface area contributed by atoms with Crippen molar-refractivity contribution in [3.63, 3.8) is 0 Å². The first kappa shape index (κ1) is 24.5. The molecule has 0 fully saturated rings. The number of amides is 2. The van der Waals surface area contributed by atoms with Crippen LogP contribution in [-0.4, -0.2) is 50.3 Å². The van der Waals surface area contributed by atoms with Crippen LogP contribution < -0.4 is 5.32 Å². The van der Waals surface area contributed by atoms with Crippen LogP contribution in [0.25, 0.3) is 11.4 Å². The van der Waals surface area contributed by atoms with Gasteiger partial charge in [0.05, 0.1) is 5.75 Å². The van der Waals surface area contributed by atoms with E-state index in [1.807, 2.05) is 26.0 Å². The Bertz CT molecular complexity index is 1090. The van der Waals surface area contributed by atoms with E-state index >= 15 is 0 Å². The average molecular weight is 466 g/mol. The predicted octanol–water partition coefficient (Wildman–Crippen LogP) is 4.88. The van der Waals surface area contributed by atoms with Crippen molar-refractivity contribution in [2.45, 2.75) is 45.8 Å². The minimum Gasteiger partial charge on any atom is -0.339 e. The van der Waals surface area contributed by atoms with Gasteiger partial charge in [-0.2, -0.15) is 0 Å². The van der Waals surface area contributed by atoms with Gasteiger partial charge in [-0.25, -0.2) is 0 Å². The van der Waals surface area contributed by atoms with Gasteiger partial charge in [-0.1, -0.05) is 42.4 Å². The molecule has 0 aliphatic rings. The standard InChI is InChI=1S/C25H31N5O2S/c1-5-15-30-23(20-10-8-9-18(4)16-20)27-28-25(30)33-17-22(31)26-21-13-11-19(12-14-21)24(32)29(6-2)7-3/h8-14,16H,5-7,15,17H2,1-4H3,(H,26,31). The highest BCUT2D eigenvalue weighted by Gasteiger charge is 2.16. The molecule has 0 saturated carbocycles. The van der Waals surface area contributed by atoms with Gasteiger partial charge in [0.2, 0.25) is 5.91 Å². The highest BCUT2D eigenvalue weighted by Crippen LogP contribution is 2.25. The smallest absolute Gasteiger partial charge is 0.253 e. The summed E-state index contributed by atoms with van der Waals surface area (Å²) in [6.45, 7) is 10.2. The van der Waals surface area contributed by atoms with E-state index in [4.69, 9.17) is 0 Å².